The highest BCUT2D eigenvalue weighted by molar-refractivity contribution is 5.87. The Morgan fingerprint density at radius 2 is 1.56 bits per heavy atom. The van der Waals surface area contributed by atoms with Gasteiger partial charge in [-0.15, -0.1) is 0 Å². The largest absolute Gasteiger partial charge is 0.497 e. The van der Waals surface area contributed by atoms with Gasteiger partial charge in [-0.25, -0.2) is 0 Å². The van der Waals surface area contributed by atoms with Gasteiger partial charge in [0.25, 0.3) is 0 Å². The molecule has 27 heavy (non-hydrogen) atoms. The molecule has 0 spiro atoms. The number of nitrogens with one attached hydrogen (secondary N) is 1. The number of fused-ring (bicyclic) bond motifs is 1. The van der Waals surface area contributed by atoms with Crippen molar-refractivity contribution in [2.45, 2.75) is 31.9 Å². The molecule has 2 N–H and O–H groups in total. The second-order valence-electron chi connectivity index (χ2n) is 6.84. The van der Waals surface area contributed by atoms with E-state index in [2.05, 4.69) is 11.4 Å². The number of hydrogen-bond donors (Lipinski definition) is 2. The summed E-state index contributed by atoms with van der Waals surface area (Å²) in [5, 5.41) is 15.7. The molecule has 3 aromatic rings. The number of rotatable bonds is 6. The number of amides is 1. The van der Waals surface area contributed by atoms with E-state index >= 15 is 0 Å². The topological polar surface area (TPSA) is 58.6 Å². The highest BCUT2D eigenvalue weighted by Gasteiger charge is 2.22. The second-order valence-corrected chi connectivity index (χ2v) is 6.84. The molecule has 0 aliphatic heterocycles. The van der Waals surface area contributed by atoms with Crippen LogP contribution in [0.25, 0.3) is 10.8 Å². The Morgan fingerprint density at radius 1 is 0.926 bits per heavy atom. The van der Waals surface area contributed by atoms with Gasteiger partial charge in [-0.2, -0.15) is 0 Å². The van der Waals surface area contributed by atoms with Crippen molar-refractivity contribution in [2.75, 3.05) is 7.11 Å². The average Bonchev–Trinajstić information content (AvgIpc) is 2.72. The molecule has 0 unspecified atom stereocenters. The van der Waals surface area contributed by atoms with Crippen molar-refractivity contribution in [1.29, 1.82) is 0 Å². The Hall–Kier alpha value is -2.85. The zero-order valence-electron chi connectivity index (χ0n) is 15.8. The van der Waals surface area contributed by atoms with Crippen molar-refractivity contribution in [3.05, 3.63) is 77.9 Å². The molecule has 0 saturated carbocycles. The number of benzene rings is 3. The average molecular weight is 363 g/mol. The minimum absolute atomic E-state index is 0.106. The molecule has 4 nitrogen and oxygen atoms in total. The van der Waals surface area contributed by atoms with E-state index in [9.17, 15) is 9.90 Å². The van der Waals surface area contributed by atoms with Gasteiger partial charge in [0, 0.05) is 0 Å². The molecule has 4 heteroatoms. The maximum Gasteiger partial charge on any atom is 0.227 e. The summed E-state index contributed by atoms with van der Waals surface area (Å²) in [6.07, 6.45) is -0.788. The first-order chi connectivity index (χ1) is 13.0. The third-order valence-electron chi connectivity index (χ3n) is 4.97. The molecule has 3 atom stereocenters. The number of hydrogen-bond acceptors (Lipinski definition) is 3. The lowest BCUT2D eigenvalue weighted by atomic mass is 9.96. The van der Waals surface area contributed by atoms with E-state index in [1.165, 1.54) is 0 Å². The number of methoxy groups -OCH3 is 1. The first kappa shape index (κ1) is 18.9. The standard InChI is InChI=1S/C23H25NO3/c1-15(19-9-8-17-6-4-5-7-20(17)14-19)23(26)24-16(2)22(25)18-10-12-21(27-3)13-11-18/h4-16,22,25H,1-3H3,(H,24,26)/t15-,16-,22-/m1/s1. The predicted molar refractivity (Wildman–Crippen MR) is 108 cm³/mol. The number of carbonyl (C=O) groups excluding carboxylic acids is 1. The molecule has 0 aliphatic carbocycles. The van der Waals surface area contributed by atoms with Crippen molar-refractivity contribution in [3.8, 4) is 5.75 Å². The summed E-state index contributed by atoms with van der Waals surface area (Å²) < 4.78 is 5.13. The Bertz CT molecular complexity index is 920. The lowest BCUT2D eigenvalue weighted by Gasteiger charge is -2.23. The Kier molecular flexibility index (Phi) is 5.77. The fraction of sp³-hybridized carbons (Fsp3) is 0.261. The lowest BCUT2D eigenvalue weighted by Crippen LogP contribution is -2.39. The second kappa shape index (κ2) is 8.23. The Morgan fingerprint density at radius 3 is 2.22 bits per heavy atom. The fourth-order valence-electron chi connectivity index (χ4n) is 3.15. The molecule has 0 heterocycles. The minimum Gasteiger partial charge on any atom is -0.497 e. The summed E-state index contributed by atoms with van der Waals surface area (Å²) in [7, 11) is 1.60. The van der Waals surface area contributed by atoms with Crippen LogP contribution >= 0.6 is 0 Å². The summed E-state index contributed by atoms with van der Waals surface area (Å²) in [5.41, 5.74) is 1.69. The van der Waals surface area contributed by atoms with Gasteiger partial charge in [-0.1, -0.05) is 54.6 Å². The van der Waals surface area contributed by atoms with Gasteiger partial charge in [0.2, 0.25) is 5.91 Å². The van der Waals surface area contributed by atoms with E-state index < -0.39 is 12.1 Å². The molecule has 140 valence electrons. The molecule has 0 fully saturated rings. The van der Waals surface area contributed by atoms with Crippen molar-refractivity contribution in [2.24, 2.45) is 0 Å². The minimum atomic E-state index is -0.788. The summed E-state index contributed by atoms with van der Waals surface area (Å²) >= 11 is 0. The van der Waals surface area contributed by atoms with E-state index in [0.717, 1.165) is 27.6 Å². The Balaban J connectivity index is 1.68. The zero-order chi connectivity index (χ0) is 19.4. The molecular formula is C23H25NO3. The number of aliphatic hydroxyl groups excluding tert-OH is 1. The van der Waals surface area contributed by atoms with E-state index in [1.54, 1.807) is 38.3 Å². The van der Waals surface area contributed by atoms with Crippen LogP contribution in [0, 0.1) is 0 Å². The van der Waals surface area contributed by atoms with E-state index in [4.69, 9.17) is 4.74 Å². The third kappa shape index (κ3) is 4.29. The fourth-order valence-corrected chi connectivity index (χ4v) is 3.15. The highest BCUT2D eigenvalue weighted by atomic mass is 16.5. The van der Waals surface area contributed by atoms with Crippen LogP contribution in [0.2, 0.25) is 0 Å². The van der Waals surface area contributed by atoms with E-state index in [1.807, 2.05) is 43.3 Å². The van der Waals surface area contributed by atoms with Crippen LogP contribution in [0.15, 0.2) is 66.7 Å². The first-order valence-electron chi connectivity index (χ1n) is 9.10. The lowest BCUT2D eigenvalue weighted by molar-refractivity contribution is -0.123. The maximum atomic E-state index is 12.7. The van der Waals surface area contributed by atoms with Gasteiger partial charge >= 0.3 is 0 Å². The number of aliphatic hydroxyl groups is 1. The molecule has 0 aliphatic rings. The van der Waals surface area contributed by atoms with Gasteiger partial charge < -0.3 is 15.2 Å². The molecule has 0 aromatic heterocycles. The van der Waals surface area contributed by atoms with Gasteiger partial charge in [0.1, 0.15) is 5.75 Å². The Labute approximate surface area is 159 Å². The maximum absolute atomic E-state index is 12.7. The first-order valence-corrected chi connectivity index (χ1v) is 9.10. The van der Waals surface area contributed by atoms with Crippen LogP contribution in [0.3, 0.4) is 0 Å². The monoisotopic (exact) mass is 363 g/mol. The van der Waals surface area contributed by atoms with Crippen molar-refractivity contribution >= 4 is 16.7 Å². The molecule has 0 saturated heterocycles. The smallest absolute Gasteiger partial charge is 0.227 e. The molecule has 3 aromatic carbocycles. The van der Waals surface area contributed by atoms with Crippen LogP contribution in [-0.4, -0.2) is 24.2 Å². The molecule has 1 amide bonds. The summed E-state index contributed by atoms with van der Waals surface area (Å²) in [6, 6.07) is 20.9. The molecular weight excluding hydrogens is 338 g/mol. The quantitative estimate of drug-likeness (QED) is 0.690. The van der Waals surface area contributed by atoms with Crippen LogP contribution in [0.4, 0.5) is 0 Å². The highest BCUT2D eigenvalue weighted by Crippen LogP contribution is 2.24. The normalized spacial score (nSPS) is 14.4. The van der Waals surface area contributed by atoms with E-state index in [0.29, 0.717) is 0 Å². The van der Waals surface area contributed by atoms with Crippen LogP contribution in [-0.2, 0) is 4.79 Å². The van der Waals surface area contributed by atoms with Crippen molar-refractivity contribution in [1.82, 2.24) is 5.32 Å². The van der Waals surface area contributed by atoms with Gasteiger partial charge in [-0.3, -0.25) is 4.79 Å². The molecule has 0 bridgehead atoms. The van der Waals surface area contributed by atoms with Crippen molar-refractivity contribution < 1.29 is 14.6 Å². The van der Waals surface area contributed by atoms with Gasteiger partial charge in [-0.05, 0) is 47.9 Å². The SMILES string of the molecule is COc1ccc([C@H](O)[C@@H](C)NC(=O)[C@H](C)c2ccc3ccccc3c2)cc1. The van der Waals surface area contributed by atoms with Gasteiger partial charge in [0.05, 0.1) is 25.2 Å². The van der Waals surface area contributed by atoms with Crippen molar-refractivity contribution in [3.63, 3.8) is 0 Å². The summed E-state index contributed by atoms with van der Waals surface area (Å²) in [6.45, 7) is 3.69. The summed E-state index contributed by atoms with van der Waals surface area (Å²) in [5.74, 6) is 0.318. The van der Waals surface area contributed by atoms with Crippen LogP contribution in [0.5, 0.6) is 5.75 Å². The third-order valence-corrected chi connectivity index (χ3v) is 4.97. The molecule has 3 rings (SSSR count). The summed E-state index contributed by atoms with van der Waals surface area (Å²) in [4.78, 5) is 12.7. The van der Waals surface area contributed by atoms with Crippen LogP contribution < -0.4 is 10.1 Å². The number of carbonyl (C=O) groups is 1. The number of ether oxygens (including phenoxy) is 1. The molecule has 0 radical (unpaired) electrons. The zero-order valence-corrected chi connectivity index (χ0v) is 15.8. The van der Waals surface area contributed by atoms with Gasteiger partial charge in [0.15, 0.2) is 0 Å². The van der Waals surface area contributed by atoms with Crippen LogP contribution in [0.1, 0.15) is 37.0 Å². The van der Waals surface area contributed by atoms with E-state index in [-0.39, 0.29) is 11.8 Å². The predicted octanol–water partition coefficient (Wildman–Crippen LogP) is 4.19.